The fraction of sp³-hybridized carbons (Fsp3) is 0.786. The lowest BCUT2D eigenvalue weighted by Crippen LogP contribution is -2.40. The molecule has 0 radical (unpaired) electrons. The molecule has 0 spiro atoms. The van der Waals surface area contributed by atoms with Gasteiger partial charge in [0.1, 0.15) is 0 Å². The highest BCUT2D eigenvalue weighted by Gasteiger charge is 2.45. The number of ketones is 1. The van der Waals surface area contributed by atoms with Crippen LogP contribution in [0.2, 0.25) is 0 Å². The summed E-state index contributed by atoms with van der Waals surface area (Å²) in [5.74, 6) is 0.951. The Morgan fingerprint density at radius 3 is 2.67 bits per heavy atom. The molecule has 2 atom stereocenters. The molecule has 15 heavy (non-hydrogen) atoms. The predicted octanol–water partition coefficient (Wildman–Crippen LogP) is 3.74. The van der Waals surface area contributed by atoms with Gasteiger partial charge in [-0.15, -0.1) is 0 Å². The van der Waals surface area contributed by atoms with E-state index in [1.54, 1.807) is 0 Å². The highest BCUT2D eigenvalue weighted by atomic mass is 16.1. The zero-order valence-electron chi connectivity index (χ0n) is 10.4. The number of hydrogen-bond donors (Lipinski definition) is 0. The van der Waals surface area contributed by atoms with Crippen LogP contribution in [0.15, 0.2) is 11.6 Å². The molecule has 1 saturated carbocycles. The fourth-order valence-corrected chi connectivity index (χ4v) is 3.60. The zero-order chi connectivity index (χ0) is 11.3. The molecule has 0 aromatic heterocycles. The first kappa shape index (κ1) is 10.9. The predicted molar refractivity (Wildman–Crippen MR) is 62.6 cm³/mol. The van der Waals surface area contributed by atoms with Gasteiger partial charge in [-0.3, -0.25) is 4.79 Å². The Labute approximate surface area is 92.9 Å². The standard InChI is InChI=1S/C14H22O/c1-10-6-5-7-14(4)9-13(2,3)12(15)8-11(10)14/h8,10H,5-7,9H2,1-4H3/t10-,14+/m1/s1. The van der Waals surface area contributed by atoms with Crippen molar-refractivity contribution in [3.63, 3.8) is 0 Å². The molecule has 0 aromatic carbocycles. The molecule has 2 aliphatic rings. The van der Waals surface area contributed by atoms with Gasteiger partial charge >= 0.3 is 0 Å². The van der Waals surface area contributed by atoms with Crippen molar-refractivity contribution in [2.24, 2.45) is 16.7 Å². The van der Waals surface area contributed by atoms with Crippen LogP contribution < -0.4 is 0 Å². The highest BCUT2D eigenvalue weighted by molar-refractivity contribution is 5.96. The summed E-state index contributed by atoms with van der Waals surface area (Å²) in [7, 11) is 0. The van der Waals surface area contributed by atoms with Gasteiger partial charge in [-0.1, -0.05) is 39.7 Å². The smallest absolute Gasteiger partial charge is 0.161 e. The molecule has 0 bridgehead atoms. The maximum Gasteiger partial charge on any atom is 0.161 e. The largest absolute Gasteiger partial charge is 0.294 e. The summed E-state index contributed by atoms with van der Waals surface area (Å²) in [6.07, 6.45) is 6.84. The molecule has 2 aliphatic carbocycles. The second-order valence-corrected chi connectivity index (χ2v) is 6.38. The van der Waals surface area contributed by atoms with Crippen LogP contribution in [-0.4, -0.2) is 5.78 Å². The molecule has 2 rings (SSSR count). The van der Waals surface area contributed by atoms with Crippen LogP contribution in [0.4, 0.5) is 0 Å². The van der Waals surface area contributed by atoms with Crippen LogP contribution in [-0.2, 0) is 4.79 Å². The van der Waals surface area contributed by atoms with Gasteiger partial charge in [0.2, 0.25) is 0 Å². The van der Waals surface area contributed by atoms with Gasteiger partial charge in [0.15, 0.2) is 5.78 Å². The fourth-order valence-electron chi connectivity index (χ4n) is 3.60. The maximum absolute atomic E-state index is 12.0. The SMILES string of the molecule is C[C@@H]1CCC[C@@]2(C)CC(C)(C)C(=O)C=C12. The van der Waals surface area contributed by atoms with Crippen molar-refractivity contribution in [2.45, 2.75) is 53.4 Å². The minimum absolute atomic E-state index is 0.144. The van der Waals surface area contributed by atoms with Crippen molar-refractivity contribution in [3.05, 3.63) is 11.6 Å². The van der Waals surface area contributed by atoms with Crippen LogP contribution in [0, 0.1) is 16.7 Å². The van der Waals surface area contributed by atoms with Gasteiger partial charge in [-0.25, -0.2) is 0 Å². The van der Waals surface area contributed by atoms with Gasteiger partial charge in [-0.05, 0) is 36.7 Å². The van der Waals surface area contributed by atoms with Gasteiger partial charge in [0.25, 0.3) is 0 Å². The van der Waals surface area contributed by atoms with Crippen molar-refractivity contribution in [1.82, 2.24) is 0 Å². The molecule has 0 heterocycles. The van der Waals surface area contributed by atoms with E-state index in [4.69, 9.17) is 0 Å². The van der Waals surface area contributed by atoms with E-state index in [0.717, 1.165) is 6.42 Å². The molecule has 0 saturated heterocycles. The van der Waals surface area contributed by atoms with Crippen LogP contribution in [0.1, 0.15) is 53.4 Å². The number of fused-ring (bicyclic) bond motifs is 1. The summed E-state index contributed by atoms with van der Waals surface area (Å²) < 4.78 is 0. The lowest BCUT2D eigenvalue weighted by molar-refractivity contribution is -0.125. The van der Waals surface area contributed by atoms with Gasteiger partial charge in [-0.2, -0.15) is 0 Å². The van der Waals surface area contributed by atoms with E-state index in [0.29, 0.717) is 17.1 Å². The van der Waals surface area contributed by atoms with E-state index in [9.17, 15) is 4.79 Å². The van der Waals surface area contributed by atoms with Crippen molar-refractivity contribution in [3.8, 4) is 0 Å². The quantitative estimate of drug-likeness (QED) is 0.590. The van der Waals surface area contributed by atoms with E-state index in [1.807, 2.05) is 6.08 Å². The molecular weight excluding hydrogens is 184 g/mol. The Balaban J connectivity index is 2.42. The second kappa shape index (κ2) is 3.20. The van der Waals surface area contributed by atoms with E-state index in [-0.39, 0.29) is 5.41 Å². The van der Waals surface area contributed by atoms with Crippen LogP contribution in [0.25, 0.3) is 0 Å². The third-order valence-corrected chi connectivity index (χ3v) is 4.38. The Hall–Kier alpha value is -0.590. The summed E-state index contributed by atoms with van der Waals surface area (Å²) in [4.78, 5) is 12.0. The van der Waals surface area contributed by atoms with Gasteiger partial charge in [0, 0.05) is 5.41 Å². The molecule has 1 nitrogen and oxygen atoms in total. The number of hydrogen-bond acceptors (Lipinski definition) is 1. The normalized spacial score (nSPS) is 39.6. The topological polar surface area (TPSA) is 17.1 Å². The summed E-state index contributed by atoms with van der Waals surface area (Å²) in [5, 5.41) is 0. The minimum atomic E-state index is -0.144. The average molecular weight is 206 g/mol. The van der Waals surface area contributed by atoms with Crippen LogP contribution >= 0.6 is 0 Å². The molecule has 0 aromatic rings. The molecular formula is C14H22O. The molecule has 0 unspecified atom stereocenters. The number of carbonyl (C=O) groups is 1. The summed E-state index contributed by atoms with van der Waals surface area (Å²) in [5.41, 5.74) is 1.59. The summed E-state index contributed by atoms with van der Waals surface area (Å²) >= 11 is 0. The minimum Gasteiger partial charge on any atom is -0.294 e. The van der Waals surface area contributed by atoms with Gasteiger partial charge in [0.05, 0.1) is 0 Å². The van der Waals surface area contributed by atoms with Crippen molar-refractivity contribution in [1.29, 1.82) is 0 Å². The number of rotatable bonds is 0. The monoisotopic (exact) mass is 206 g/mol. The first-order valence-electron chi connectivity index (χ1n) is 6.12. The zero-order valence-corrected chi connectivity index (χ0v) is 10.4. The first-order chi connectivity index (χ1) is 6.85. The molecule has 0 amide bonds. The molecule has 0 aliphatic heterocycles. The van der Waals surface area contributed by atoms with E-state index < -0.39 is 0 Å². The Bertz CT molecular complexity index is 324. The number of allylic oxidation sites excluding steroid dienone is 2. The van der Waals surface area contributed by atoms with E-state index in [1.165, 1.54) is 24.8 Å². The maximum atomic E-state index is 12.0. The summed E-state index contributed by atoms with van der Waals surface area (Å²) in [6, 6.07) is 0. The average Bonchev–Trinajstić information content (AvgIpc) is 2.08. The molecule has 1 fully saturated rings. The lowest BCUT2D eigenvalue weighted by Gasteiger charge is -2.47. The molecule has 84 valence electrons. The van der Waals surface area contributed by atoms with Gasteiger partial charge < -0.3 is 0 Å². The molecule has 0 N–H and O–H groups in total. The first-order valence-corrected chi connectivity index (χ1v) is 6.12. The van der Waals surface area contributed by atoms with E-state index >= 15 is 0 Å². The second-order valence-electron chi connectivity index (χ2n) is 6.38. The van der Waals surface area contributed by atoms with Crippen molar-refractivity contribution < 1.29 is 4.79 Å². The summed E-state index contributed by atoms with van der Waals surface area (Å²) in [6.45, 7) is 8.80. The van der Waals surface area contributed by atoms with Crippen LogP contribution in [0.5, 0.6) is 0 Å². The van der Waals surface area contributed by atoms with Crippen molar-refractivity contribution in [2.75, 3.05) is 0 Å². The Morgan fingerprint density at radius 2 is 2.00 bits per heavy atom. The van der Waals surface area contributed by atoms with Crippen molar-refractivity contribution >= 4 is 5.78 Å². The van der Waals surface area contributed by atoms with E-state index in [2.05, 4.69) is 27.7 Å². The molecule has 1 heteroatoms. The lowest BCUT2D eigenvalue weighted by atomic mass is 9.57. The number of carbonyl (C=O) groups excluding carboxylic acids is 1. The third-order valence-electron chi connectivity index (χ3n) is 4.38. The Morgan fingerprint density at radius 1 is 1.33 bits per heavy atom. The Kier molecular flexibility index (Phi) is 2.33. The third kappa shape index (κ3) is 1.66. The highest BCUT2D eigenvalue weighted by Crippen LogP contribution is 2.53. The van der Waals surface area contributed by atoms with Crippen LogP contribution in [0.3, 0.4) is 0 Å².